The summed E-state index contributed by atoms with van der Waals surface area (Å²) in [6, 6.07) is -0.326. The number of aryl methyl sites for hydroxylation is 1. The number of likely N-dealkylation sites (tertiary alicyclic amines) is 1. The maximum absolute atomic E-state index is 12.6. The van der Waals surface area contributed by atoms with Crippen molar-refractivity contribution in [2.45, 2.75) is 84.8 Å². The summed E-state index contributed by atoms with van der Waals surface area (Å²) in [6.45, 7) is 13.1. The van der Waals surface area contributed by atoms with Crippen molar-refractivity contribution in [1.82, 2.24) is 20.2 Å². The van der Waals surface area contributed by atoms with Crippen LogP contribution in [0.1, 0.15) is 71.6 Å². The first-order chi connectivity index (χ1) is 16.5. The number of hydrogen-bond donors (Lipinski definition) is 2. The van der Waals surface area contributed by atoms with Crippen LogP contribution < -0.4 is 15.5 Å². The first-order valence-electron chi connectivity index (χ1n) is 13.1. The molecule has 2 fully saturated rings. The van der Waals surface area contributed by atoms with Crippen LogP contribution in [0.5, 0.6) is 0 Å². The molecule has 1 spiro atoms. The number of amides is 2. The summed E-state index contributed by atoms with van der Waals surface area (Å²) in [5, 5.41) is 6.28. The molecule has 2 aliphatic heterocycles. The third-order valence-corrected chi connectivity index (χ3v) is 7.18. The molecule has 9 nitrogen and oxygen atoms in total. The second-order valence-electron chi connectivity index (χ2n) is 12.0. The van der Waals surface area contributed by atoms with Crippen LogP contribution in [-0.4, -0.2) is 71.7 Å². The molecular formula is C26H42N6O3. The molecule has 2 saturated heterocycles. The van der Waals surface area contributed by atoms with Crippen LogP contribution in [0.15, 0.2) is 0 Å². The number of carbonyl (C=O) groups excluding carboxylic acids is 2. The van der Waals surface area contributed by atoms with Crippen molar-refractivity contribution in [3.8, 4) is 0 Å². The van der Waals surface area contributed by atoms with Gasteiger partial charge in [0.1, 0.15) is 17.5 Å². The Bertz CT molecular complexity index is 951. The van der Waals surface area contributed by atoms with Crippen molar-refractivity contribution >= 4 is 23.8 Å². The summed E-state index contributed by atoms with van der Waals surface area (Å²) >= 11 is 0. The number of nitrogens with zero attached hydrogens (tertiary/aromatic N) is 4. The number of nitrogens with one attached hydrogen (secondary N) is 2. The largest absolute Gasteiger partial charge is 0.444 e. The number of aromatic nitrogens is 2. The van der Waals surface area contributed by atoms with E-state index in [0.29, 0.717) is 19.0 Å². The van der Waals surface area contributed by atoms with Gasteiger partial charge in [0.2, 0.25) is 11.9 Å². The molecule has 0 saturated carbocycles. The van der Waals surface area contributed by atoms with Crippen LogP contribution in [0.2, 0.25) is 0 Å². The van der Waals surface area contributed by atoms with Crippen LogP contribution in [-0.2, 0) is 22.4 Å². The van der Waals surface area contributed by atoms with Crippen molar-refractivity contribution < 1.29 is 14.3 Å². The van der Waals surface area contributed by atoms with E-state index in [2.05, 4.69) is 29.4 Å². The van der Waals surface area contributed by atoms with E-state index in [0.717, 1.165) is 74.6 Å². The van der Waals surface area contributed by atoms with Gasteiger partial charge in [-0.3, -0.25) is 4.79 Å². The molecule has 2 N–H and O–H groups in total. The molecule has 9 heteroatoms. The maximum atomic E-state index is 12.6. The van der Waals surface area contributed by atoms with Gasteiger partial charge in [0.15, 0.2) is 0 Å². The number of rotatable bonds is 6. The number of anilines is 2. The van der Waals surface area contributed by atoms with Crippen molar-refractivity contribution in [1.29, 1.82) is 0 Å². The van der Waals surface area contributed by atoms with E-state index in [4.69, 9.17) is 14.7 Å². The average molecular weight is 487 g/mol. The summed E-state index contributed by atoms with van der Waals surface area (Å²) in [5.41, 5.74) is 1.86. The molecule has 1 aromatic heterocycles. The summed E-state index contributed by atoms with van der Waals surface area (Å²) in [6.07, 6.45) is 5.64. The summed E-state index contributed by atoms with van der Waals surface area (Å²) < 4.78 is 5.53. The number of carbonyl (C=O) groups is 2. The molecule has 3 heterocycles. The fraction of sp³-hybridized carbons (Fsp3) is 0.769. The van der Waals surface area contributed by atoms with Gasteiger partial charge in [-0.1, -0.05) is 13.8 Å². The van der Waals surface area contributed by atoms with Crippen molar-refractivity contribution in [3.63, 3.8) is 0 Å². The predicted molar refractivity (Wildman–Crippen MR) is 137 cm³/mol. The molecule has 0 bridgehead atoms. The molecule has 2 amide bonds. The van der Waals surface area contributed by atoms with Gasteiger partial charge in [0.25, 0.3) is 0 Å². The monoisotopic (exact) mass is 486 g/mol. The zero-order valence-electron chi connectivity index (χ0n) is 22.2. The molecular weight excluding hydrogens is 444 g/mol. The van der Waals surface area contributed by atoms with Crippen LogP contribution in [0.25, 0.3) is 0 Å². The Morgan fingerprint density at radius 2 is 1.83 bits per heavy atom. The third-order valence-electron chi connectivity index (χ3n) is 7.18. The van der Waals surface area contributed by atoms with E-state index in [1.165, 1.54) is 0 Å². The molecule has 4 rings (SSSR count). The number of hydrogen-bond acceptors (Lipinski definition) is 7. The minimum Gasteiger partial charge on any atom is -0.444 e. The highest BCUT2D eigenvalue weighted by Crippen LogP contribution is 2.41. The topological polar surface area (TPSA) is 99.7 Å². The summed E-state index contributed by atoms with van der Waals surface area (Å²) in [4.78, 5) is 39.0. The standard InChI is InChI=1S/C26H42N6O3/c1-17(2)13-20(22(33)27-6)28-21-18-9-7-8-10-19(18)29-23(30-21)31-12-11-26(14-31)15-32(16-26)24(34)35-25(3,4)5/h17,20H,7-16H2,1-6H3,(H,27,33)(H,28,29,30)/t20-/m0/s1. The Morgan fingerprint density at radius 3 is 2.49 bits per heavy atom. The SMILES string of the molecule is CNC(=O)[C@H](CC(C)C)Nc1nc(N2CCC3(CN(C(=O)OC(C)(C)C)C3)C2)nc2c1CCCC2. The highest BCUT2D eigenvalue weighted by Gasteiger charge is 2.51. The lowest BCUT2D eigenvalue weighted by molar-refractivity contribution is -0.121. The van der Waals surface area contributed by atoms with Gasteiger partial charge < -0.3 is 25.2 Å². The first kappa shape index (κ1) is 25.5. The Kier molecular flexibility index (Phi) is 7.16. The van der Waals surface area contributed by atoms with E-state index in [-0.39, 0.29) is 23.5 Å². The Morgan fingerprint density at radius 1 is 1.11 bits per heavy atom. The molecule has 0 unspecified atom stereocenters. The van der Waals surface area contributed by atoms with Crippen LogP contribution >= 0.6 is 0 Å². The van der Waals surface area contributed by atoms with Gasteiger partial charge in [-0.25, -0.2) is 9.78 Å². The van der Waals surface area contributed by atoms with E-state index in [1.54, 1.807) is 11.9 Å². The zero-order valence-corrected chi connectivity index (χ0v) is 22.2. The fourth-order valence-corrected chi connectivity index (χ4v) is 5.47. The zero-order chi connectivity index (χ0) is 25.4. The number of likely N-dealkylation sites (N-methyl/N-ethyl adjacent to an activating group) is 1. The Balaban J connectivity index is 1.50. The highest BCUT2D eigenvalue weighted by atomic mass is 16.6. The minimum atomic E-state index is -0.482. The second-order valence-corrected chi connectivity index (χ2v) is 12.0. The number of fused-ring (bicyclic) bond motifs is 1. The second kappa shape index (κ2) is 9.82. The van der Waals surface area contributed by atoms with E-state index >= 15 is 0 Å². The lowest BCUT2D eigenvalue weighted by Gasteiger charge is -2.47. The van der Waals surface area contributed by atoms with Gasteiger partial charge in [-0.05, 0) is 65.2 Å². The lowest BCUT2D eigenvalue weighted by atomic mass is 9.79. The number of ether oxygens (including phenoxy) is 1. The van der Waals surface area contributed by atoms with Gasteiger partial charge >= 0.3 is 6.09 Å². The van der Waals surface area contributed by atoms with Crippen LogP contribution in [0.3, 0.4) is 0 Å². The van der Waals surface area contributed by atoms with E-state index in [9.17, 15) is 9.59 Å². The smallest absolute Gasteiger partial charge is 0.410 e. The van der Waals surface area contributed by atoms with E-state index in [1.807, 2.05) is 20.8 Å². The molecule has 35 heavy (non-hydrogen) atoms. The molecule has 1 aliphatic carbocycles. The summed E-state index contributed by atoms with van der Waals surface area (Å²) in [7, 11) is 1.68. The molecule has 1 atom stereocenters. The third kappa shape index (κ3) is 5.81. The van der Waals surface area contributed by atoms with Gasteiger partial charge in [0, 0.05) is 44.2 Å². The van der Waals surface area contributed by atoms with Crippen molar-refractivity contribution in [3.05, 3.63) is 11.3 Å². The average Bonchev–Trinajstić information content (AvgIpc) is 3.21. The predicted octanol–water partition coefficient (Wildman–Crippen LogP) is 3.38. The molecule has 0 radical (unpaired) electrons. The van der Waals surface area contributed by atoms with Crippen LogP contribution in [0.4, 0.5) is 16.6 Å². The van der Waals surface area contributed by atoms with Gasteiger partial charge in [-0.15, -0.1) is 0 Å². The maximum Gasteiger partial charge on any atom is 0.410 e. The van der Waals surface area contributed by atoms with E-state index < -0.39 is 5.60 Å². The molecule has 0 aromatic carbocycles. The van der Waals surface area contributed by atoms with Crippen molar-refractivity contribution in [2.24, 2.45) is 11.3 Å². The van der Waals surface area contributed by atoms with Crippen molar-refractivity contribution in [2.75, 3.05) is 43.4 Å². The molecule has 3 aliphatic rings. The van der Waals surface area contributed by atoms with Gasteiger partial charge in [-0.2, -0.15) is 4.98 Å². The fourth-order valence-electron chi connectivity index (χ4n) is 5.47. The Labute approximate surface area is 209 Å². The quantitative estimate of drug-likeness (QED) is 0.636. The highest BCUT2D eigenvalue weighted by molar-refractivity contribution is 5.84. The molecule has 1 aromatic rings. The lowest BCUT2D eigenvalue weighted by Crippen LogP contribution is -2.60. The Hall–Kier alpha value is -2.58. The minimum absolute atomic E-state index is 0.0137. The first-order valence-corrected chi connectivity index (χ1v) is 13.1. The summed E-state index contributed by atoms with van der Waals surface area (Å²) in [5.74, 6) is 1.91. The molecule has 194 valence electrons. The van der Waals surface area contributed by atoms with Gasteiger partial charge in [0.05, 0.1) is 5.69 Å². The normalized spacial score (nSPS) is 19.9. The van der Waals surface area contributed by atoms with Crippen LogP contribution in [0, 0.1) is 11.3 Å².